The van der Waals surface area contributed by atoms with Crippen LogP contribution in [0.3, 0.4) is 0 Å². The second-order valence-corrected chi connectivity index (χ2v) is 8.65. The van der Waals surface area contributed by atoms with Crippen LogP contribution in [-0.2, 0) is 6.54 Å². The number of nitrogens with one attached hydrogen (secondary N) is 1. The molecule has 0 bridgehead atoms. The average molecular weight is 449 g/mol. The van der Waals surface area contributed by atoms with Gasteiger partial charge in [-0.1, -0.05) is 55.9 Å². The summed E-state index contributed by atoms with van der Waals surface area (Å²) in [7, 11) is 0. The molecular formula is C25H28N4O2S. The second-order valence-electron chi connectivity index (χ2n) is 7.71. The number of nitrogens with zero attached hydrogens (tertiary/aromatic N) is 3. The SMILES string of the molecule is CCN(CC)CCCn1c(SCC(=O)c2c[nH]c3ccccc23)nc2ccccc2c1=O. The number of hydrogen-bond donors (Lipinski definition) is 1. The van der Waals surface area contributed by atoms with Crippen molar-refractivity contribution in [3.05, 3.63) is 70.6 Å². The lowest BCUT2D eigenvalue weighted by atomic mass is 10.1. The number of carbonyl (C=O) groups excluding carboxylic acids is 1. The van der Waals surface area contributed by atoms with Crippen LogP contribution >= 0.6 is 11.8 Å². The summed E-state index contributed by atoms with van der Waals surface area (Å²) in [5.41, 5.74) is 2.24. The zero-order chi connectivity index (χ0) is 22.5. The number of aromatic nitrogens is 3. The molecule has 0 radical (unpaired) electrons. The first-order valence-corrected chi connectivity index (χ1v) is 12.0. The van der Waals surface area contributed by atoms with Crippen molar-refractivity contribution in [2.24, 2.45) is 0 Å². The van der Waals surface area contributed by atoms with Crippen molar-refractivity contribution in [2.45, 2.75) is 32.0 Å². The van der Waals surface area contributed by atoms with Crippen molar-refractivity contribution in [3.63, 3.8) is 0 Å². The van der Waals surface area contributed by atoms with Crippen LogP contribution in [0.25, 0.3) is 21.8 Å². The fourth-order valence-electron chi connectivity index (χ4n) is 3.96. The summed E-state index contributed by atoms with van der Waals surface area (Å²) in [5.74, 6) is 0.243. The number of para-hydroxylation sites is 2. The highest BCUT2D eigenvalue weighted by Crippen LogP contribution is 2.23. The largest absolute Gasteiger partial charge is 0.360 e. The van der Waals surface area contributed by atoms with E-state index in [0.29, 0.717) is 28.2 Å². The van der Waals surface area contributed by atoms with E-state index in [1.807, 2.05) is 48.5 Å². The molecule has 0 aliphatic rings. The Morgan fingerprint density at radius 1 is 1.06 bits per heavy atom. The number of Topliss-reactive ketones (excluding diaryl/α,β-unsaturated/α-hetero) is 1. The molecule has 0 amide bonds. The first-order valence-electron chi connectivity index (χ1n) is 11.1. The number of rotatable bonds is 10. The van der Waals surface area contributed by atoms with Gasteiger partial charge in [0.25, 0.3) is 5.56 Å². The lowest BCUT2D eigenvalue weighted by Crippen LogP contribution is -2.28. The minimum absolute atomic E-state index is 0.0181. The van der Waals surface area contributed by atoms with Gasteiger partial charge < -0.3 is 9.88 Å². The Labute approximate surface area is 191 Å². The van der Waals surface area contributed by atoms with Crippen LogP contribution in [0.5, 0.6) is 0 Å². The third kappa shape index (κ3) is 4.64. The van der Waals surface area contributed by atoms with E-state index in [4.69, 9.17) is 4.98 Å². The number of ketones is 1. The van der Waals surface area contributed by atoms with Crippen LogP contribution in [-0.4, -0.2) is 50.6 Å². The van der Waals surface area contributed by atoms with Gasteiger partial charge in [0.1, 0.15) is 0 Å². The van der Waals surface area contributed by atoms with Gasteiger partial charge >= 0.3 is 0 Å². The third-order valence-electron chi connectivity index (χ3n) is 5.80. The van der Waals surface area contributed by atoms with Crippen LogP contribution in [0.15, 0.2) is 64.7 Å². The van der Waals surface area contributed by atoms with Crippen LogP contribution in [0, 0.1) is 0 Å². The summed E-state index contributed by atoms with van der Waals surface area (Å²) in [6, 6.07) is 15.2. The molecule has 0 atom stereocenters. The Kier molecular flexibility index (Phi) is 7.07. The number of benzene rings is 2. The molecule has 4 aromatic rings. The molecule has 0 aliphatic carbocycles. The quantitative estimate of drug-likeness (QED) is 0.218. The van der Waals surface area contributed by atoms with Gasteiger partial charge in [0.2, 0.25) is 0 Å². The maximum absolute atomic E-state index is 13.2. The number of hydrogen-bond acceptors (Lipinski definition) is 5. The van der Waals surface area contributed by atoms with Crippen LogP contribution in [0.2, 0.25) is 0 Å². The van der Waals surface area contributed by atoms with E-state index >= 15 is 0 Å². The molecule has 0 spiro atoms. The smallest absolute Gasteiger partial charge is 0.262 e. The minimum atomic E-state index is -0.0443. The van der Waals surface area contributed by atoms with Crippen molar-refractivity contribution in [1.29, 1.82) is 0 Å². The molecule has 0 fully saturated rings. The molecule has 6 nitrogen and oxygen atoms in total. The molecule has 2 aromatic heterocycles. The predicted octanol–water partition coefficient (Wildman–Crippen LogP) is 4.58. The van der Waals surface area contributed by atoms with Crippen LogP contribution < -0.4 is 5.56 Å². The first kappa shape index (κ1) is 22.3. The number of H-pyrrole nitrogens is 1. The summed E-state index contributed by atoms with van der Waals surface area (Å²) < 4.78 is 1.74. The highest BCUT2D eigenvalue weighted by Gasteiger charge is 2.16. The zero-order valence-electron chi connectivity index (χ0n) is 18.5. The van der Waals surface area contributed by atoms with E-state index in [0.717, 1.165) is 37.0 Å². The van der Waals surface area contributed by atoms with Crippen molar-refractivity contribution in [1.82, 2.24) is 19.4 Å². The van der Waals surface area contributed by atoms with Gasteiger partial charge in [-0.3, -0.25) is 14.2 Å². The number of fused-ring (bicyclic) bond motifs is 2. The van der Waals surface area contributed by atoms with E-state index in [2.05, 4.69) is 23.7 Å². The minimum Gasteiger partial charge on any atom is -0.360 e. The van der Waals surface area contributed by atoms with Crippen molar-refractivity contribution >= 4 is 39.4 Å². The molecule has 0 unspecified atom stereocenters. The van der Waals surface area contributed by atoms with Crippen molar-refractivity contribution in [2.75, 3.05) is 25.4 Å². The molecule has 1 N–H and O–H groups in total. The third-order valence-corrected chi connectivity index (χ3v) is 6.78. The van der Waals surface area contributed by atoms with E-state index < -0.39 is 0 Å². The lowest BCUT2D eigenvalue weighted by molar-refractivity contribution is 0.102. The molecule has 32 heavy (non-hydrogen) atoms. The molecule has 0 aliphatic heterocycles. The monoisotopic (exact) mass is 448 g/mol. The summed E-state index contributed by atoms with van der Waals surface area (Å²) in [4.78, 5) is 36.4. The van der Waals surface area contributed by atoms with E-state index in [1.165, 1.54) is 11.8 Å². The number of thioether (sulfide) groups is 1. The molecule has 2 aromatic carbocycles. The molecule has 2 heterocycles. The van der Waals surface area contributed by atoms with Crippen molar-refractivity contribution < 1.29 is 4.79 Å². The zero-order valence-corrected chi connectivity index (χ0v) is 19.3. The predicted molar refractivity (Wildman–Crippen MR) is 132 cm³/mol. The van der Waals surface area contributed by atoms with Gasteiger partial charge in [0.15, 0.2) is 10.9 Å². The lowest BCUT2D eigenvalue weighted by Gasteiger charge is -2.19. The topological polar surface area (TPSA) is 71.0 Å². The summed E-state index contributed by atoms with van der Waals surface area (Å²) in [6.45, 7) is 7.77. The Morgan fingerprint density at radius 3 is 2.56 bits per heavy atom. The number of carbonyl (C=O) groups is 1. The molecule has 166 valence electrons. The standard InChI is InChI=1S/C25H28N4O2S/c1-3-28(4-2)14-9-15-29-24(31)19-11-6-8-13-22(19)27-25(29)32-17-23(30)20-16-26-21-12-7-5-10-18(20)21/h5-8,10-13,16,26H,3-4,9,14-15,17H2,1-2H3. The maximum Gasteiger partial charge on any atom is 0.262 e. The Balaban J connectivity index is 1.58. The number of aromatic amines is 1. The summed E-state index contributed by atoms with van der Waals surface area (Å²) >= 11 is 1.34. The molecule has 4 rings (SSSR count). The molecular weight excluding hydrogens is 420 g/mol. The highest BCUT2D eigenvalue weighted by atomic mass is 32.2. The van der Waals surface area contributed by atoms with E-state index in [9.17, 15) is 9.59 Å². The first-order chi connectivity index (χ1) is 15.6. The van der Waals surface area contributed by atoms with E-state index in [-0.39, 0.29) is 17.1 Å². The van der Waals surface area contributed by atoms with Gasteiger partial charge in [-0.25, -0.2) is 4.98 Å². The maximum atomic E-state index is 13.2. The summed E-state index contributed by atoms with van der Waals surface area (Å²) in [5, 5.41) is 2.13. The van der Waals surface area contributed by atoms with Gasteiger partial charge in [0, 0.05) is 29.2 Å². The molecule has 0 saturated heterocycles. The van der Waals surface area contributed by atoms with E-state index in [1.54, 1.807) is 10.8 Å². The highest BCUT2D eigenvalue weighted by molar-refractivity contribution is 7.99. The van der Waals surface area contributed by atoms with Gasteiger partial charge in [-0.05, 0) is 44.3 Å². The summed E-state index contributed by atoms with van der Waals surface area (Å²) in [6.07, 6.45) is 2.62. The molecule has 0 saturated carbocycles. The molecule has 7 heteroatoms. The normalized spacial score (nSPS) is 11.6. The fourth-order valence-corrected chi connectivity index (χ4v) is 4.87. The van der Waals surface area contributed by atoms with Crippen molar-refractivity contribution in [3.8, 4) is 0 Å². The van der Waals surface area contributed by atoms with Crippen LogP contribution in [0.1, 0.15) is 30.6 Å². The Hall–Kier alpha value is -2.90. The average Bonchev–Trinajstić information content (AvgIpc) is 3.26. The van der Waals surface area contributed by atoms with Gasteiger partial charge in [-0.2, -0.15) is 0 Å². The van der Waals surface area contributed by atoms with Crippen LogP contribution in [0.4, 0.5) is 0 Å². The fraction of sp³-hybridized carbons (Fsp3) is 0.320. The van der Waals surface area contributed by atoms with Gasteiger partial charge in [0.05, 0.1) is 16.7 Å². The second kappa shape index (κ2) is 10.1. The van der Waals surface area contributed by atoms with Gasteiger partial charge in [-0.15, -0.1) is 0 Å². The Bertz CT molecular complexity index is 1290. The Morgan fingerprint density at radius 2 is 1.78 bits per heavy atom.